The molecule has 1 aliphatic rings. The molecule has 2 aromatic rings. The first-order valence-corrected chi connectivity index (χ1v) is 12.0. The van der Waals surface area contributed by atoms with E-state index < -0.39 is 23.9 Å². The predicted octanol–water partition coefficient (Wildman–Crippen LogP) is 4.98. The number of allylic oxidation sites excluding steroid dienone is 1. The third-order valence-electron chi connectivity index (χ3n) is 5.94. The Bertz CT molecular complexity index is 1080. The smallest absolute Gasteiger partial charge is 0.322 e. The average Bonchev–Trinajstić information content (AvgIpc) is 2.82. The van der Waals surface area contributed by atoms with Crippen molar-refractivity contribution in [2.45, 2.75) is 50.7 Å². The summed E-state index contributed by atoms with van der Waals surface area (Å²) in [4.78, 5) is 25.4. The normalized spacial score (nSPS) is 19.0. The highest BCUT2D eigenvalue weighted by Crippen LogP contribution is 2.48. The van der Waals surface area contributed by atoms with Crippen LogP contribution in [0.15, 0.2) is 40.9 Å². The third-order valence-corrected chi connectivity index (χ3v) is 6.43. The number of carbonyl (C=O) groups excluding carboxylic acids is 2. The Hall–Kier alpha value is -2.84. The summed E-state index contributed by atoms with van der Waals surface area (Å²) in [5.41, 5.74) is 6.99. The minimum atomic E-state index is -0.755. The maximum Gasteiger partial charge on any atom is 0.322 e. The Morgan fingerprint density at radius 3 is 2.50 bits per heavy atom. The van der Waals surface area contributed by atoms with Crippen LogP contribution in [0.3, 0.4) is 0 Å². The molecule has 0 aliphatic heterocycles. The van der Waals surface area contributed by atoms with Gasteiger partial charge in [0.1, 0.15) is 35.0 Å². The second-order valence-electron chi connectivity index (χ2n) is 8.33. The predicted molar refractivity (Wildman–Crippen MR) is 133 cm³/mol. The summed E-state index contributed by atoms with van der Waals surface area (Å²) in [5.74, 6) is -0.931. The molecule has 1 saturated carbocycles. The Morgan fingerprint density at radius 2 is 1.85 bits per heavy atom. The summed E-state index contributed by atoms with van der Waals surface area (Å²) < 4.78 is 17.6. The number of ketones is 1. The van der Waals surface area contributed by atoms with Gasteiger partial charge in [-0.1, -0.05) is 40.6 Å². The van der Waals surface area contributed by atoms with Crippen molar-refractivity contribution in [2.24, 2.45) is 5.73 Å². The van der Waals surface area contributed by atoms with E-state index in [2.05, 4.69) is 15.9 Å². The number of hydrogen-bond donors (Lipinski definition) is 2. The minimum Gasteiger partial charge on any atom is -0.507 e. The number of phenols is 1. The number of phenolic OH excluding ortho intramolecular Hbond substituents is 1. The molecular formula is C26H30BrNO6. The van der Waals surface area contributed by atoms with E-state index in [1.54, 1.807) is 19.1 Å². The molecule has 1 fully saturated rings. The first kappa shape index (κ1) is 25.8. The van der Waals surface area contributed by atoms with Crippen LogP contribution in [-0.2, 0) is 9.53 Å². The van der Waals surface area contributed by atoms with Crippen LogP contribution in [0.5, 0.6) is 17.2 Å². The molecule has 0 bridgehead atoms. The van der Waals surface area contributed by atoms with Gasteiger partial charge in [0.2, 0.25) is 0 Å². The van der Waals surface area contributed by atoms with Gasteiger partial charge in [0.15, 0.2) is 5.78 Å². The zero-order chi connectivity index (χ0) is 24.8. The van der Waals surface area contributed by atoms with Gasteiger partial charge in [-0.3, -0.25) is 9.59 Å². The van der Waals surface area contributed by atoms with E-state index in [0.29, 0.717) is 24.2 Å². The molecule has 0 aromatic heterocycles. The van der Waals surface area contributed by atoms with Crippen molar-refractivity contribution in [3.8, 4) is 17.2 Å². The van der Waals surface area contributed by atoms with E-state index in [1.807, 2.05) is 24.3 Å². The summed E-state index contributed by atoms with van der Waals surface area (Å²) in [7, 11) is 2.91. The molecule has 3 rings (SSSR count). The molecule has 0 heterocycles. The molecule has 0 radical (unpaired) electrons. The molecule has 0 saturated heterocycles. The molecular weight excluding hydrogens is 502 g/mol. The first-order valence-electron chi connectivity index (χ1n) is 11.2. The van der Waals surface area contributed by atoms with Gasteiger partial charge in [0.25, 0.3) is 0 Å². The summed E-state index contributed by atoms with van der Waals surface area (Å²) in [6, 6.07) is 8.33. The standard InChI is InChI=1S/C26H30BrNO6/c1-15(28)26(31)34-20-10-5-4-9-18(20)23-21(32-2)14-22(33-3)24(25(23)30)19(29)12-11-16-7-6-8-17(27)13-16/h6-8,11-15,18,20,30H,4-5,9-10,28H2,1-3H3/b12-11+/t15-,18+,20+/m0/s1. The van der Waals surface area contributed by atoms with Crippen LogP contribution >= 0.6 is 15.9 Å². The van der Waals surface area contributed by atoms with Crippen molar-refractivity contribution in [1.29, 1.82) is 0 Å². The van der Waals surface area contributed by atoms with Crippen LogP contribution in [0.2, 0.25) is 0 Å². The lowest BCUT2D eigenvalue weighted by molar-refractivity contribution is -0.152. The van der Waals surface area contributed by atoms with Crippen LogP contribution < -0.4 is 15.2 Å². The molecule has 34 heavy (non-hydrogen) atoms. The van der Waals surface area contributed by atoms with E-state index in [9.17, 15) is 14.7 Å². The van der Waals surface area contributed by atoms with Crippen molar-refractivity contribution in [3.05, 3.63) is 57.6 Å². The summed E-state index contributed by atoms with van der Waals surface area (Å²) in [5, 5.41) is 11.4. The van der Waals surface area contributed by atoms with E-state index in [1.165, 1.54) is 20.3 Å². The number of nitrogens with two attached hydrogens (primary N) is 1. The van der Waals surface area contributed by atoms with Crippen molar-refractivity contribution < 1.29 is 28.9 Å². The number of aromatic hydroxyl groups is 1. The summed E-state index contributed by atoms with van der Waals surface area (Å²) >= 11 is 3.41. The van der Waals surface area contributed by atoms with Crippen molar-refractivity contribution in [2.75, 3.05) is 14.2 Å². The Morgan fingerprint density at radius 1 is 1.15 bits per heavy atom. The quantitative estimate of drug-likeness (QED) is 0.280. The van der Waals surface area contributed by atoms with Crippen LogP contribution in [0.4, 0.5) is 0 Å². The maximum absolute atomic E-state index is 13.2. The van der Waals surface area contributed by atoms with Crippen molar-refractivity contribution >= 4 is 33.8 Å². The van der Waals surface area contributed by atoms with Crippen LogP contribution in [-0.4, -0.2) is 43.2 Å². The van der Waals surface area contributed by atoms with E-state index in [4.69, 9.17) is 19.9 Å². The third kappa shape index (κ3) is 5.80. The zero-order valence-corrected chi connectivity index (χ0v) is 21.1. The highest BCUT2D eigenvalue weighted by Gasteiger charge is 2.36. The van der Waals surface area contributed by atoms with Crippen molar-refractivity contribution in [3.63, 3.8) is 0 Å². The topological polar surface area (TPSA) is 108 Å². The molecule has 182 valence electrons. The lowest BCUT2D eigenvalue weighted by atomic mass is 9.79. The maximum atomic E-state index is 13.2. The number of carbonyl (C=O) groups is 2. The second-order valence-corrected chi connectivity index (χ2v) is 9.24. The largest absolute Gasteiger partial charge is 0.507 e. The number of benzene rings is 2. The van der Waals surface area contributed by atoms with E-state index in [0.717, 1.165) is 22.9 Å². The fraction of sp³-hybridized carbons (Fsp3) is 0.385. The second kappa shape index (κ2) is 11.5. The number of methoxy groups -OCH3 is 2. The van der Waals surface area contributed by atoms with Crippen LogP contribution in [0.1, 0.15) is 60.0 Å². The van der Waals surface area contributed by atoms with E-state index >= 15 is 0 Å². The Labute approximate surface area is 208 Å². The molecule has 1 aliphatic carbocycles. The van der Waals surface area contributed by atoms with Gasteiger partial charge in [0.05, 0.1) is 14.2 Å². The lowest BCUT2D eigenvalue weighted by Gasteiger charge is -2.33. The molecule has 2 aromatic carbocycles. The molecule has 0 spiro atoms. The highest BCUT2D eigenvalue weighted by atomic mass is 79.9. The Balaban J connectivity index is 2.04. The Kier molecular flexibility index (Phi) is 8.74. The fourth-order valence-corrected chi connectivity index (χ4v) is 4.67. The molecule has 0 amide bonds. The molecule has 0 unspecified atom stereocenters. The van der Waals surface area contributed by atoms with Gasteiger partial charge in [-0.2, -0.15) is 0 Å². The first-order chi connectivity index (χ1) is 16.3. The average molecular weight is 532 g/mol. The van der Waals surface area contributed by atoms with Gasteiger partial charge in [-0.15, -0.1) is 0 Å². The van der Waals surface area contributed by atoms with Gasteiger partial charge in [0, 0.05) is 22.0 Å². The molecule has 7 nitrogen and oxygen atoms in total. The number of hydrogen-bond acceptors (Lipinski definition) is 7. The van der Waals surface area contributed by atoms with Gasteiger partial charge in [-0.25, -0.2) is 0 Å². The zero-order valence-electron chi connectivity index (χ0n) is 19.5. The fourth-order valence-electron chi connectivity index (χ4n) is 4.25. The monoisotopic (exact) mass is 531 g/mol. The molecule has 8 heteroatoms. The molecule has 3 N–H and O–H groups in total. The highest BCUT2D eigenvalue weighted by molar-refractivity contribution is 9.10. The lowest BCUT2D eigenvalue weighted by Crippen LogP contribution is -2.36. The number of rotatable bonds is 8. The SMILES string of the molecule is COc1cc(OC)c([C@@H]2CCCC[C@H]2OC(=O)[C@H](C)N)c(O)c1C(=O)/C=C/c1cccc(Br)c1. The minimum absolute atomic E-state index is 0.0346. The van der Waals surface area contributed by atoms with Crippen LogP contribution in [0.25, 0.3) is 6.08 Å². The van der Waals surface area contributed by atoms with Gasteiger partial charge < -0.3 is 25.1 Å². The van der Waals surface area contributed by atoms with Crippen LogP contribution in [0, 0.1) is 0 Å². The number of esters is 1. The molecule has 3 atom stereocenters. The summed E-state index contributed by atoms with van der Waals surface area (Å²) in [6.07, 6.45) is 5.64. The van der Waals surface area contributed by atoms with E-state index in [-0.39, 0.29) is 23.0 Å². The van der Waals surface area contributed by atoms with Crippen molar-refractivity contribution in [1.82, 2.24) is 0 Å². The van der Waals surface area contributed by atoms with Gasteiger partial charge in [-0.05, 0) is 50.0 Å². The number of ether oxygens (including phenoxy) is 3. The van der Waals surface area contributed by atoms with Gasteiger partial charge >= 0.3 is 5.97 Å². The number of halogens is 1. The summed E-state index contributed by atoms with van der Waals surface area (Å²) in [6.45, 7) is 1.57.